The molecule has 0 bridgehead atoms. The van der Waals surface area contributed by atoms with Gasteiger partial charge in [-0.05, 0) is 55.0 Å². The van der Waals surface area contributed by atoms with Crippen LogP contribution in [0.4, 0.5) is 4.39 Å². The molecule has 2 fully saturated rings. The summed E-state index contributed by atoms with van der Waals surface area (Å²) < 4.78 is 19.2. The molecule has 2 aliphatic rings. The second-order valence-electron chi connectivity index (χ2n) is 8.28. The molecule has 2 aromatic rings. The molecule has 1 heterocycles. The van der Waals surface area contributed by atoms with Crippen molar-refractivity contribution in [1.29, 1.82) is 0 Å². The molecule has 4 unspecified atom stereocenters. The minimum Gasteiger partial charge on any atom is -0.496 e. The van der Waals surface area contributed by atoms with Gasteiger partial charge in [-0.2, -0.15) is 0 Å². The van der Waals surface area contributed by atoms with Crippen LogP contribution in [0.2, 0.25) is 0 Å². The molecule has 0 spiro atoms. The van der Waals surface area contributed by atoms with Crippen molar-refractivity contribution in [2.45, 2.75) is 50.7 Å². The molecule has 2 aromatic carbocycles. The molecule has 150 valence electrons. The fourth-order valence-electron chi connectivity index (χ4n) is 5.08. The zero-order valence-electron chi connectivity index (χ0n) is 16.7. The van der Waals surface area contributed by atoms with Gasteiger partial charge in [0.2, 0.25) is 0 Å². The van der Waals surface area contributed by atoms with Crippen LogP contribution in [0.5, 0.6) is 5.75 Å². The third-order valence-corrected chi connectivity index (χ3v) is 6.58. The summed E-state index contributed by atoms with van der Waals surface area (Å²) in [4.78, 5) is 0. The summed E-state index contributed by atoms with van der Waals surface area (Å²) in [7, 11) is 1.64. The van der Waals surface area contributed by atoms with Crippen LogP contribution < -0.4 is 15.4 Å². The quantitative estimate of drug-likeness (QED) is 0.777. The Morgan fingerprint density at radius 2 is 1.86 bits per heavy atom. The van der Waals surface area contributed by atoms with Gasteiger partial charge in [0, 0.05) is 24.2 Å². The van der Waals surface area contributed by atoms with Crippen molar-refractivity contribution >= 4 is 0 Å². The van der Waals surface area contributed by atoms with Crippen LogP contribution in [0.25, 0.3) is 0 Å². The summed E-state index contributed by atoms with van der Waals surface area (Å²) in [5, 5.41) is 7.61. The second-order valence-corrected chi connectivity index (χ2v) is 8.28. The van der Waals surface area contributed by atoms with Gasteiger partial charge in [0.1, 0.15) is 11.6 Å². The maximum absolute atomic E-state index is 13.8. The third kappa shape index (κ3) is 4.39. The van der Waals surface area contributed by atoms with E-state index in [2.05, 4.69) is 41.0 Å². The molecule has 0 amide bonds. The first kappa shape index (κ1) is 19.4. The highest BCUT2D eigenvalue weighted by Crippen LogP contribution is 2.38. The van der Waals surface area contributed by atoms with Crippen LogP contribution in [-0.4, -0.2) is 19.7 Å². The molecular weight excluding hydrogens is 351 g/mol. The molecule has 3 nitrogen and oxygen atoms in total. The van der Waals surface area contributed by atoms with Gasteiger partial charge < -0.3 is 15.4 Å². The number of rotatable bonds is 5. The number of hydrogen-bond acceptors (Lipinski definition) is 3. The van der Waals surface area contributed by atoms with Gasteiger partial charge in [-0.15, -0.1) is 0 Å². The van der Waals surface area contributed by atoms with Crippen molar-refractivity contribution in [2.75, 3.05) is 13.7 Å². The highest BCUT2D eigenvalue weighted by molar-refractivity contribution is 5.34. The molecular formula is C24H31FN2O. The molecule has 1 saturated heterocycles. The highest BCUT2D eigenvalue weighted by Gasteiger charge is 2.35. The largest absolute Gasteiger partial charge is 0.496 e. The number of fused-ring (bicyclic) bond motifs is 1. The zero-order chi connectivity index (χ0) is 19.3. The minimum atomic E-state index is -0.219. The molecule has 4 heteroatoms. The van der Waals surface area contributed by atoms with Gasteiger partial charge in [-0.3, -0.25) is 0 Å². The Kier molecular flexibility index (Phi) is 6.28. The monoisotopic (exact) mass is 382 g/mol. The van der Waals surface area contributed by atoms with E-state index in [0.29, 0.717) is 12.6 Å². The standard InChI is InChI=1S/C24H31FN2O/c1-28-23-12-11-21(25)13-20(23)16-26-22-14-18-9-5-6-10-19(18)15-27-24(22)17-7-3-2-4-8-17/h2-4,7-8,11-13,18-19,22,24,26-27H,5-6,9-10,14-16H2,1H3. The Hall–Kier alpha value is -1.91. The van der Waals surface area contributed by atoms with Crippen molar-refractivity contribution in [1.82, 2.24) is 10.6 Å². The van der Waals surface area contributed by atoms with E-state index < -0.39 is 0 Å². The maximum Gasteiger partial charge on any atom is 0.123 e. The van der Waals surface area contributed by atoms with Gasteiger partial charge in [-0.1, -0.05) is 49.6 Å². The number of benzene rings is 2. The van der Waals surface area contributed by atoms with E-state index in [9.17, 15) is 4.39 Å². The molecule has 4 rings (SSSR count). The summed E-state index contributed by atoms with van der Waals surface area (Å²) in [5.74, 6) is 2.06. The molecule has 4 atom stereocenters. The smallest absolute Gasteiger partial charge is 0.123 e. The SMILES string of the molecule is COc1ccc(F)cc1CNC1CC2CCCCC2CNC1c1ccccc1. The summed E-state index contributed by atoms with van der Waals surface area (Å²) in [6.45, 7) is 1.69. The van der Waals surface area contributed by atoms with E-state index in [0.717, 1.165) is 36.1 Å². The normalized spacial score (nSPS) is 27.6. The average molecular weight is 383 g/mol. The Balaban J connectivity index is 1.56. The van der Waals surface area contributed by atoms with Gasteiger partial charge in [-0.25, -0.2) is 4.39 Å². The van der Waals surface area contributed by atoms with Crippen LogP contribution in [0.15, 0.2) is 48.5 Å². The van der Waals surface area contributed by atoms with Gasteiger partial charge in [0.05, 0.1) is 7.11 Å². The first-order valence-electron chi connectivity index (χ1n) is 10.6. The van der Waals surface area contributed by atoms with Crippen LogP contribution in [0.1, 0.15) is 49.3 Å². The Morgan fingerprint density at radius 1 is 1.07 bits per heavy atom. The molecule has 1 aliphatic heterocycles. The van der Waals surface area contributed by atoms with E-state index in [1.54, 1.807) is 19.2 Å². The summed E-state index contributed by atoms with van der Waals surface area (Å²) in [6, 6.07) is 16.0. The lowest BCUT2D eigenvalue weighted by atomic mass is 9.76. The lowest BCUT2D eigenvalue weighted by Gasteiger charge is -2.31. The van der Waals surface area contributed by atoms with E-state index in [1.165, 1.54) is 37.3 Å². The van der Waals surface area contributed by atoms with E-state index in [4.69, 9.17) is 4.74 Å². The lowest BCUT2D eigenvalue weighted by Crippen LogP contribution is -2.40. The average Bonchev–Trinajstić information content (AvgIpc) is 2.92. The first-order valence-corrected chi connectivity index (χ1v) is 10.6. The van der Waals surface area contributed by atoms with E-state index in [-0.39, 0.29) is 11.9 Å². The second kappa shape index (κ2) is 9.06. The molecule has 0 radical (unpaired) electrons. The lowest BCUT2D eigenvalue weighted by molar-refractivity contribution is 0.224. The fourth-order valence-corrected chi connectivity index (χ4v) is 5.08. The van der Waals surface area contributed by atoms with Gasteiger partial charge in [0.15, 0.2) is 0 Å². The van der Waals surface area contributed by atoms with Crippen molar-refractivity contribution in [2.24, 2.45) is 11.8 Å². The highest BCUT2D eigenvalue weighted by atomic mass is 19.1. The maximum atomic E-state index is 13.8. The number of hydrogen-bond donors (Lipinski definition) is 2. The van der Waals surface area contributed by atoms with Crippen molar-refractivity contribution in [3.05, 3.63) is 65.5 Å². The van der Waals surface area contributed by atoms with E-state index in [1.807, 2.05) is 0 Å². The Bertz CT molecular complexity index is 766. The molecule has 1 aliphatic carbocycles. The van der Waals surface area contributed by atoms with Crippen LogP contribution >= 0.6 is 0 Å². The van der Waals surface area contributed by atoms with Crippen LogP contribution in [0.3, 0.4) is 0 Å². The number of nitrogens with one attached hydrogen (secondary N) is 2. The van der Waals surface area contributed by atoms with Crippen molar-refractivity contribution in [3.8, 4) is 5.75 Å². The number of ether oxygens (including phenoxy) is 1. The van der Waals surface area contributed by atoms with Crippen molar-refractivity contribution in [3.63, 3.8) is 0 Å². The first-order chi connectivity index (χ1) is 13.7. The fraction of sp³-hybridized carbons (Fsp3) is 0.500. The predicted molar refractivity (Wildman–Crippen MR) is 111 cm³/mol. The summed E-state index contributed by atoms with van der Waals surface area (Å²) in [5.41, 5.74) is 2.20. The zero-order valence-corrected chi connectivity index (χ0v) is 16.7. The Labute approximate surface area is 167 Å². The summed E-state index contributed by atoms with van der Waals surface area (Å²) in [6.07, 6.45) is 6.53. The minimum absolute atomic E-state index is 0.219. The van der Waals surface area contributed by atoms with Crippen LogP contribution in [-0.2, 0) is 6.54 Å². The topological polar surface area (TPSA) is 33.3 Å². The van der Waals surface area contributed by atoms with Gasteiger partial charge in [0.25, 0.3) is 0 Å². The van der Waals surface area contributed by atoms with Crippen LogP contribution in [0, 0.1) is 17.7 Å². The molecule has 28 heavy (non-hydrogen) atoms. The third-order valence-electron chi connectivity index (χ3n) is 6.58. The number of halogens is 1. The molecule has 1 saturated carbocycles. The van der Waals surface area contributed by atoms with Gasteiger partial charge >= 0.3 is 0 Å². The Morgan fingerprint density at radius 3 is 2.64 bits per heavy atom. The molecule has 0 aromatic heterocycles. The van der Waals surface area contributed by atoms with Crippen molar-refractivity contribution < 1.29 is 9.13 Å². The molecule has 2 N–H and O–H groups in total. The van der Waals surface area contributed by atoms with E-state index >= 15 is 0 Å². The number of methoxy groups -OCH3 is 1. The summed E-state index contributed by atoms with van der Waals surface area (Å²) >= 11 is 0. The predicted octanol–water partition coefficient (Wildman–Crippen LogP) is 4.83.